The topological polar surface area (TPSA) is 36.4 Å². The number of pyridine rings is 1. The second kappa shape index (κ2) is 7.47. The number of hydrogen-bond donors (Lipinski definition) is 0. The minimum Gasteiger partial charge on any atom is -0.356 e. The van der Waals surface area contributed by atoms with Gasteiger partial charge in [0.2, 0.25) is 0 Å². The number of carbonyl (C=O) groups is 1. The number of rotatable bonds is 4. The number of aryl methyl sites for hydroxylation is 1. The lowest BCUT2D eigenvalue weighted by Crippen LogP contribution is -2.45. The molecule has 0 atom stereocenters. The van der Waals surface area contributed by atoms with Crippen LogP contribution in [-0.2, 0) is 6.42 Å². The highest BCUT2D eigenvalue weighted by molar-refractivity contribution is 5.94. The molecule has 1 aliphatic heterocycles. The molecular weight excluding hydrogens is 298 g/mol. The van der Waals surface area contributed by atoms with Crippen LogP contribution in [0.2, 0.25) is 0 Å². The Morgan fingerprint density at radius 3 is 2.46 bits per heavy atom. The average Bonchev–Trinajstić information content (AvgIpc) is 2.68. The maximum atomic E-state index is 12.7. The molecule has 0 unspecified atom stereocenters. The molecule has 1 aromatic carbocycles. The van der Waals surface area contributed by atoms with Crippen LogP contribution in [0.4, 0.5) is 5.82 Å². The predicted octanol–water partition coefficient (Wildman–Crippen LogP) is 3.39. The number of benzene rings is 1. The molecule has 0 bridgehead atoms. The largest absolute Gasteiger partial charge is 0.356 e. The molecule has 0 spiro atoms. The first-order valence-corrected chi connectivity index (χ1v) is 8.71. The maximum absolute atomic E-state index is 12.7. The molecule has 1 amide bonds. The van der Waals surface area contributed by atoms with Gasteiger partial charge in [0.1, 0.15) is 5.82 Å². The van der Waals surface area contributed by atoms with Crippen molar-refractivity contribution in [3.05, 3.63) is 59.8 Å². The summed E-state index contributed by atoms with van der Waals surface area (Å²) in [5.74, 6) is 1.15. The van der Waals surface area contributed by atoms with Gasteiger partial charge in [-0.25, -0.2) is 4.98 Å². The third-order valence-corrected chi connectivity index (χ3v) is 4.91. The fourth-order valence-corrected chi connectivity index (χ4v) is 3.28. The zero-order chi connectivity index (χ0) is 16.9. The highest BCUT2D eigenvalue weighted by Crippen LogP contribution is 2.21. The van der Waals surface area contributed by atoms with Gasteiger partial charge in [0.05, 0.1) is 0 Å². The van der Waals surface area contributed by atoms with Gasteiger partial charge in [0.25, 0.3) is 5.91 Å². The van der Waals surface area contributed by atoms with E-state index in [2.05, 4.69) is 16.8 Å². The lowest BCUT2D eigenvalue weighted by molar-refractivity contribution is 0.0709. The molecule has 0 radical (unpaired) electrons. The molecule has 3 rings (SSSR count). The summed E-state index contributed by atoms with van der Waals surface area (Å²) in [5, 5.41) is 0. The lowest BCUT2D eigenvalue weighted by atomic mass is 10.0. The average molecular weight is 323 g/mol. The Hall–Kier alpha value is -2.36. The van der Waals surface area contributed by atoms with Crippen LogP contribution >= 0.6 is 0 Å². The molecule has 24 heavy (non-hydrogen) atoms. The van der Waals surface area contributed by atoms with Crippen molar-refractivity contribution in [2.45, 2.75) is 32.2 Å². The van der Waals surface area contributed by atoms with Gasteiger partial charge in [0.15, 0.2) is 0 Å². The molecule has 0 aliphatic carbocycles. The fraction of sp³-hybridized carbons (Fsp3) is 0.400. The van der Waals surface area contributed by atoms with E-state index < -0.39 is 0 Å². The van der Waals surface area contributed by atoms with Gasteiger partial charge >= 0.3 is 0 Å². The third kappa shape index (κ3) is 3.58. The monoisotopic (exact) mass is 323 g/mol. The number of carbonyl (C=O) groups excluding carboxylic acids is 1. The number of hydrogen-bond acceptors (Lipinski definition) is 3. The lowest BCUT2D eigenvalue weighted by Gasteiger charge is -2.37. The number of amides is 1. The summed E-state index contributed by atoms with van der Waals surface area (Å²) < 4.78 is 0. The summed E-state index contributed by atoms with van der Waals surface area (Å²) in [6.07, 6.45) is 4.78. The van der Waals surface area contributed by atoms with Crippen LogP contribution in [-0.4, -0.2) is 42.0 Å². The third-order valence-electron chi connectivity index (χ3n) is 4.91. The minimum atomic E-state index is 0.119. The molecule has 2 aromatic rings. The van der Waals surface area contributed by atoms with Crippen molar-refractivity contribution < 1.29 is 4.79 Å². The van der Waals surface area contributed by atoms with Gasteiger partial charge < -0.3 is 9.80 Å². The van der Waals surface area contributed by atoms with E-state index in [1.165, 1.54) is 5.56 Å². The summed E-state index contributed by atoms with van der Waals surface area (Å²) in [4.78, 5) is 21.3. The van der Waals surface area contributed by atoms with Crippen LogP contribution in [0, 0.1) is 0 Å². The van der Waals surface area contributed by atoms with Gasteiger partial charge in [-0.2, -0.15) is 0 Å². The SMILES string of the molecule is CCc1ccc(C(=O)N(C)C2CCN(c3ccccn3)CC2)cc1. The smallest absolute Gasteiger partial charge is 0.253 e. The Labute approximate surface area is 144 Å². The second-order valence-electron chi connectivity index (χ2n) is 6.37. The Morgan fingerprint density at radius 1 is 1.17 bits per heavy atom. The highest BCUT2D eigenvalue weighted by Gasteiger charge is 2.26. The molecule has 0 saturated carbocycles. The van der Waals surface area contributed by atoms with Crippen molar-refractivity contribution >= 4 is 11.7 Å². The summed E-state index contributed by atoms with van der Waals surface area (Å²) in [6.45, 7) is 4.00. The highest BCUT2D eigenvalue weighted by atomic mass is 16.2. The first-order chi connectivity index (χ1) is 11.7. The first kappa shape index (κ1) is 16.5. The van der Waals surface area contributed by atoms with E-state index >= 15 is 0 Å². The molecule has 4 nitrogen and oxygen atoms in total. The van der Waals surface area contributed by atoms with Crippen LogP contribution in [0.1, 0.15) is 35.7 Å². The molecule has 1 aromatic heterocycles. The Balaban J connectivity index is 1.60. The van der Waals surface area contributed by atoms with Crippen molar-refractivity contribution in [2.75, 3.05) is 25.0 Å². The van der Waals surface area contributed by atoms with Crippen LogP contribution in [0.25, 0.3) is 0 Å². The van der Waals surface area contributed by atoms with Gasteiger partial charge in [-0.15, -0.1) is 0 Å². The molecule has 126 valence electrons. The molecule has 1 fully saturated rings. The summed E-state index contributed by atoms with van der Waals surface area (Å²) in [5.41, 5.74) is 2.04. The Bertz CT molecular complexity index is 661. The van der Waals surface area contributed by atoms with Crippen molar-refractivity contribution in [1.82, 2.24) is 9.88 Å². The zero-order valence-corrected chi connectivity index (χ0v) is 14.5. The van der Waals surface area contributed by atoms with Crippen molar-refractivity contribution in [2.24, 2.45) is 0 Å². The molecule has 2 heterocycles. The van der Waals surface area contributed by atoms with Crippen LogP contribution < -0.4 is 4.90 Å². The van der Waals surface area contributed by atoms with E-state index in [1.807, 2.05) is 60.6 Å². The maximum Gasteiger partial charge on any atom is 0.253 e. The van der Waals surface area contributed by atoms with E-state index in [-0.39, 0.29) is 5.91 Å². The van der Waals surface area contributed by atoms with Gasteiger partial charge in [0, 0.05) is 37.9 Å². The second-order valence-corrected chi connectivity index (χ2v) is 6.37. The van der Waals surface area contributed by atoms with Crippen LogP contribution in [0.5, 0.6) is 0 Å². The van der Waals surface area contributed by atoms with Gasteiger partial charge in [-0.05, 0) is 49.1 Å². The van der Waals surface area contributed by atoms with E-state index in [9.17, 15) is 4.79 Å². The molecule has 4 heteroatoms. The van der Waals surface area contributed by atoms with E-state index in [1.54, 1.807) is 0 Å². The first-order valence-electron chi connectivity index (χ1n) is 8.71. The molecular formula is C20H25N3O. The fourth-order valence-electron chi connectivity index (χ4n) is 3.28. The molecule has 1 saturated heterocycles. The summed E-state index contributed by atoms with van der Waals surface area (Å²) in [7, 11) is 1.93. The van der Waals surface area contributed by atoms with E-state index in [0.29, 0.717) is 6.04 Å². The van der Waals surface area contributed by atoms with Crippen LogP contribution in [0.3, 0.4) is 0 Å². The van der Waals surface area contributed by atoms with Crippen molar-refractivity contribution in [1.29, 1.82) is 0 Å². The predicted molar refractivity (Wildman–Crippen MR) is 97.4 cm³/mol. The van der Waals surface area contributed by atoms with Crippen LogP contribution in [0.15, 0.2) is 48.7 Å². The van der Waals surface area contributed by atoms with Crippen molar-refractivity contribution in [3.8, 4) is 0 Å². The number of aromatic nitrogens is 1. The van der Waals surface area contributed by atoms with Gasteiger partial charge in [-0.3, -0.25) is 4.79 Å². The quantitative estimate of drug-likeness (QED) is 0.865. The number of anilines is 1. The van der Waals surface area contributed by atoms with Gasteiger partial charge in [-0.1, -0.05) is 25.1 Å². The summed E-state index contributed by atoms with van der Waals surface area (Å²) >= 11 is 0. The van der Waals surface area contributed by atoms with Crippen molar-refractivity contribution in [3.63, 3.8) is 0 Å². The standard InChI is InChI=1S/C20H25N3O/c1-3-16-7-9-17(10-8-16)20(24)22(2)18-11-14-23(15-12-18)19-6-4-5-13-21-19/h4-10,13,18H,3,11-12,14-15H2,1-2H3. The van der Waals surface area contributed by atoms with E-state index in [0.717, 1.165) is 43.7 Å². The number of nitrogens with zero attached hydrogens (tertiary/aromatic N) is 3. The normalized spacial score (nSPS) is 15.3. The van der Waals surface area contributed by atoms with E-state index in [4.69, 9.17) is 0 Å². The summed E-state index contributed by atoms with van der Waals surface area (Å²) in [6, 6.07) is 14.3. The minimum absolute atomic E-state index is 0.119. The zero-order valence-electron chi connectivity index (χ0n) is 14.5. The number of piperidine rings is 1. The molecule has 1 aliphatic rings. The Morgan fingerprint density at radius 2 is 1.88 bits per heavy atom. The molecule has 0 N–H and O–H groups in total. The Kier molecular flexibility index (Phi) is 5.14.